The summed E-state index contributed by atoms with van der Waals surface area (Å²) in [6, 6.07) is 11.3. The number of primary amides is 1. The van der Waals surface area contributed by atoms with Gasteiger partial charge in [-0.25, -0.2) is 8.42 Å². The van der Waals surface area contributed by atoms with E-state index in [0.717, 1.165) is 0 Å². The zero-order valence-electron chi connectivity index (χ0n) is 16.0. The topological polar surface area (TPSA) is 89.7 Å². The Morgan fingerprint density at radius 2 is 1.83 bits per heavy atom. The number of rotatable bonds is 7. The average molecular weight is 492 g/mol. The van der Waals surface area contributed by atoms with Crippen molar-refractivity contribution >= 4 is 50.7 Å². The maximum absolute atomic E-state index is 13.3. The fraction of sp³-hybridized carbons (Fsp3) is 0.350. The van der Waals surface area contributed by atoms with Gasteiger partial charge in [0.05, 0.1) is 16.7 Å². The van der Waals surface area contributed by atoms with Crippen molar-refractivity contribution in [2.45, 2.75) is 24.2 Å². The number of carbonyl (C=O) groups is 1. The molecule has 0 aliphatic carbocycles. The van der Waals surface area contributed by atoms with E-state index < -0.39 is 21.3 Å². The smallest absolute Gasteiger partial charge is 0.244 e. The van der Waals surface area contributed by atoms with Gasteiger partial charge in [-0.15, -0.1) is 0 Å². The maximum Gasteiger partial charge on any atom is 0.244 e. The molecule has 1 fully saturated rings. The average Bonchev–Trinajstić information content (AvgIpc) is 2.69. The minimum absolute atomic E-state index is 0.00408. The minimum atomic E-state index is -3.92. The molecule has 0 saturated carbocycles. The molecule has 1 aliphatic rings. The van der Waals surface area contributed by atoms with E-state index in [1.807, 2.05) is 0 Å². The van der Waals surface area contributed by atoms with E-state index in [1.54, 1.807) is 24.3 Å². The molecule has 1 atom stereocenters. The number of ether oxygens (including phenoxy) is 1. The number of sulfonamides is 1. The maximum atomic E-state index is 13.3. The minimum Gasteiger partial charge on any atom is -0.493 e. The largest absolute Gasteiger partial charge is 0.493 e. The Hall–Kier alpha value is -1.51. The molecule has 6 nitrogen and oxygen atoms in total. The van der Waals surface area contributed by atoms with Crippen LogP contribution in [0.25, 0.3) is 0 Å². The van der Waals surface area contributed by atoms with E-state index in [-0.39, 0.29) is 34.5 Å². The number of nitrogens with two attached hydrogens (primary N) is 1. The number of piperidine rings is 1. The molecule has 0 radical (unpaired) electrons. The SMILES string of the molecule is NC(=O)C[C@]1(COc2ccc(Cl)cc2)CCCN(S(=O)(=O)c2cccc(Cl)c2Cl)C1. The summed E-state index contributed by atoms with van der Waals surface area (Å²) in [5.74, 6) is 0.0517. The Balaban J connectivity index is 1.86. The lowest BCUT2D eigenvalue weighted by Gasteiger charge is -2.41. The molecule has 0 unspecified atom stereocenters. The Morgan fingerprint density at radius 3 is 2.50 bits per heavy atom. The molecule has 1 saturated heterocycles. The second-order valence-electron chi connectivity index (χ2n) is 7.38. The lowest BCUT2D eigenvalue weighted by molar-refractivity contribution is -0.121. The van der Waals surface area contributed by atoms with Crippen LogP contribution in [0, 0.1) is 5.41 Å². The van der Waals surface area contributed by atoms with Crippen LogP contribution >= 0.6 is 34.8 Å². The molecule has 0 aromatic heterocycles. The second kappa shape index (κ2) is 9.32. The summed E-state index contributed by atoms with van der Waals surface area (Å²) < 4.78 is 33.7. The molecule has 0 bridgehead atoms. The van der Waals surface area contributed by atoms with Crippen molar-refractivity contribution in [2.75, 3.05) is 19.7 Å². The molecule has 2 N–H and O–H groups in total. The van der Waals surface area contributed by atoms with Gasteiger partial charge in [0, 0.05) is 29.9 Å². The van der Waals surface area contributed by atoms with Gasteiger partial charge in [-0.1, -0.05) is 40.9 Å². The molecular weight excluding hydrogens is 471 g/mol. The van der Waals surface area contributed by atoms with E-state index in [0.29, 0.717) is 30.2 Å². The molecule has 30 heavy (non-hydrogen) atoms. The first kappa shape index (κ1) is 23.2. The monoisotopic (exact) mass is 490 g/mol. The third-order valence-corrected chi connectivity index (χ3v) is 8.14. The van der Waals surface area contributed by atoms with Gasteiger partial charge in [-0.3, -0.25) is 4.79 Å². The van der Waals surface area contributed by atoms with Gasteiger partial charge in [0.1, 0.15) is 10.6 Å². The van der Waals surface area contributed by atoms with Crippen molar-refractivity contribution in [1.82, 2.24) is 4.31 Å². The Bertz CT molecular complexity index is 1030. The van der Waals surface area contributed by atoms with Crippen LogP contribution in [0.2, 0.25) is 15.1 Å². The molecule has 10 heteroatoms. The van der Waals surface area contributed by atoms with Gasteiger partial charge in [0.25, 0.3) is 0 Å². The van der Waals surface area contributed by atoms with Crippen molar-refractivity contribution in [3.63, 3.8) is 0 Å². The summed E-state index contributed by atoms with van der Waals surface area (Å²) in [5, 5.41) is 0.703. The van der Waals surface area contributed by atoms with Crippen LogP contribution in [0.1, 0.15) is 19.3 Å². The highest BCUT2D eigenvalue weighted by atomic mass is 35.5. The van der Waals surface area contributed by atoms with Gasteiger partial charge in [0.2, 0.25) is 15.9 Å². The molecule has 162 valence electrons. The fourth-order valence-corrected chi connectivity index (χ4v) is 6.09. The first-order valence-electron chi connectivity index (χ1n) is 9.24. The number of benzene rings is 2. The Morgan fingerprint density at radius 1 is 1.13 bits per heavy atom. The van der Waals surface area contributed by atoms with Crippen molar-refractivity contribution in [2.24, 2.45) is 11.1 Å². The van der Waals surface area contributed by atoms with E-state index >= 15 is 0 Å². The molecule has 2 aromatic carbocycles. The van der Waals surface area contributed by atoms with E-state index in [4.69, 9.17) is 45.3 Å². The van der Waals surface area contributed by atoms with Crippen LogP contribution in [0.5, 0.6) is 5.75 Å². The summed E-state index contributed by atoms with van der Waals surface area (Å²) in [4.78, 5) is 11.7. The number of carbonyl (C=O) groups excluding carboxylic acids is 1. The van der Waals surface area contributed by atoms with Crippen LogP contribution in [0.4, 0.5) is 0 Å². The summed E-state index contributed by atoms with van der Waals surface area (Å²) in [7, 11) is -3.92. The number of hydrogen-bond acceptors (Lipinski definition) is 4. The zero-order chi connectivity index (χ0) is 21.9. The standard InChI is InChI=1S/C20H21Cl3N2O4S/c21-14-5-7-15(8-6-14)29-13-20(11-18(24)26)9-2-10-25(12-20)30(27,28)17-4-1-3-16(22)19(17)23/h1,3-8H,2,9-13H2,(H2,24,26)/t20-/m1/s1. The molecule has 1 heterocycles. The number of amides is 1. The first-order valence-corrected chi connectivity index (χ1v) is 11.8. The highest BCUT2D eigenvalue weighted by molar-refractivity contribution is 7.89. The van der Waals surface area contributed by atoms with Crippen molar-refractivity contribution in [3.05, 3.63) is 57.5 Å². The third-order valence-electron chi connectivity index (χ3n) is 5.07. The van der Waals surface area contributed by atoms with Gasteiger partial charge >= 0.3 is 0 Å². The van der Waals surface area contributed by atoms with E-state index in [2.05, 4.69) is 0 Å². The van der Waals surface area contributed by atoms with Gasteiger partial charge in [-0.2, -0.15) is 4.31 Å². The zero-order valence-corrected chi connectivity index (χ0v) is 19.1. The summed E-state index contributed by atoms with van der Waals surface area (Å²) in [5.41, 5.74) is 4.73. The van der Waals surface area contributed by atoms with Crippen molar-refractivity contribution in [1.29, 1.82) is 0 Å². The first-order chi connectivity index (χ1) is 14.1. The molecule has 2 aromatic rings. The number of nitrogens with zero attached hydrogens (tertiary/aromatic N) is 1. The van der Waals surface area contributed by atoms with Crippen LogP contribution < -0.4 is 10.5 Å². The lowest BCUT2D eigenvalue weighted by Crippen LogP contribution is -2.50. The number of halogens is 3. The van der Waals surface area contributed by atoms with Crippen LogP contribution in [0.3, 0.4) is 0 Å². The van der Waals surface area contributed by atoms with Crippen LogP contribution in [-0.2, 0) is 14.8 Å². The molecule has 3 rings (SSSR count). The third kappa shape index (κ3) is 5.21. The molecule has 0 spiro atoms. The lowest BCUT2D eigenvalue weighted by atomic mass is 9.78. The quantitative estimate of drug-likeness (QED) is 0.623. The van der Waals surface area contributed by atoms with Gasteiger partial charge < -0.3 is 10.5 Å². The summed E-state index contributed by atoms with van der Waals surface area (Å²) in [6.45, 7) is 0.508. The van der Waals surface area contributed by atoms with Crippen LogP contribution in [0.15, 0.2) is 47.4 Å². The summed E-state index contributed by atoms with van der Waals surface area (Å²) >= 11 is 18.1. The van der Waals surface area contributed by atoms with Crippen molar-refractivity contribution in [3.8, 4) is 5.75 Å². The Kier molecular flexibility index (Phi) is 7.20. The van der Waals surface area contributed by atoms with Gasteiger partial charge in [-0.05, 0) is 49.2 Å². The molecular formula is C20H21Cl3N2O4S. The Labute approximate surface area is 190 Å². The van der Waals surface area contributed by atoms with E-state index in [9.17, 15) is 13.2 Å². The predicted molar refractivity (Wildman–Crippen MR) is 118 cm³/mol. The summed E-state index contributed by atoms with van der Waals surface area (Å²) in [6.07, 6.45) is 1.14. The number of hydrogen-bond donors (Lipinski definition) is 1. The normalized spacial score (nSPS) is 20.1. The molecule has 1 amide bonds. The van der Waals surface area contributed by atoms with Crippen molar-refractivity contribution < 1.29 is 17.9 Å². The van der Waals surface area contributed by atoms with Crippen LogP contribution in [-0.4, -0.2) is 38.3 Å². The highest BCUT2D eigenvalue weighted by Gasteiger charge is 2.42. The second-order valence-corrected chi connectivity index (χ2v) is 10.5. The van der Waals surface area contributed by atoms with Gasteiger partial charge in [0.15, 0.2) is 0 Å². The molecule has 1 aliphatic heterocycles. The fourth-order valence-electron chi connectivity index (χ4n) is 3.64. The predicted octanol–water partition coefficient (Wildman–Crippen LogP) is 4.37. The van der Waals surface area contributed by atoms with E-state index in [1.165, 1.54) is 22.5 Å². The highest BCUT2D eigenvalue weighted by Crippen LogP contribution is 2.38.